The van der Waals surface area contributed by atoms with Crippen LogP contribution in [-0.4, -0.2) is 51.2 Å². The van der Waals surface area contributed by atoms with Crippen LogP contribution in [-0.2, 0) is 9.53 Å². The first kappa shape index (κ1) is 19.2. The number of halogens is 1. The first-order valence-electron chi connectivity index (χ1n) is 7.65. The molecule has 0 aromatic rings. The van der Waals surface area contributed by atoms with Crippen molar-refractivity contribution in [3.8, 4) is 0 Å². The maximum atomic E-state index is 12.7. The van der Waals surface area contributed by atoms with E-state index in [-0.39, 0.29) is 11.8 Å². The highest BCUT2D eigenvalue weighted by atomic mass is 79.9. The number of ether oxygens (including phenoxy) is 1. The van der Waals surface area contributed by atoms with Crippen molar-refractivity contribution < 1.29 is 19.4 Å². The van der Waals surface area contributed by atoms with Crippen molar-refractivity contribution in [1.82, 2.24) is 10.2 Å². The Labute approximate surface area is 140 Å². The third kappa shape index (κ3) is 5.43. The Morgan fingerprint density at radius 2 is 1.95 bits per heavy atom. The van der Waals surface area contributed by atoms with Crippen molar-refractivity contribution in [3.63, 3.8) is 0 Å². The van der Waals surface area contributed by atoms with E-state index in [0.29, 0.717) is 13.0 Å². The number of hydrogen-bond donors (Lipinski definition) is 2. The summed E-state index contributed by atoms with van der Waals surface area (Å²) in [5.74, 6) is -0.291. The van der Waals surface area contributed by atoms with Crippen LogP contribution in [0.2, 0.25) is 0 Å². The smallest absolute Gasteiger partial charge is 0.408 e. The summed E-state index contributed by atoms with van der Waals surface area (Å²) >= 11 is 3.36. The summed E-state index contributed by atoms with van der Waals surface area (Å²) in [6.07, 6.45) is 0.202. The zero-order valence-corrected chi connectivity index (χ0v) is 15.5. The van der Waals surface area contributed by atoms with Gasteiger partial charge in [-0.05, 0) is 39.5 Å². The molecule has 1 aliphatic heterocycles. The third-order valence-corrected chi connectivity index (χ3v) is 4.51. The van der Waals surface area contributed by atoms with Gasteiger partial charge in [0.2, 0.25) is 5.91 Å². The Morgan fingerprint density at radius 3 is 2.45 bits per heavy atom. The molecular weight excluding hydrogens is 352 g/mol. The Morgan fingerprint density at radius 1 is 1.36 bits per heavy atom. The summed E-state index contributed by atoms with van der Waals surface area (Å²) in [5, 5.41) is 12.5. The van der Waals surface area contributed by atoms with Crippen LogP contribution in [0.25, 0.3) is 0 Å². The van der Waals surface area contributed by atoms with Crippen molar-refractivity contribution in [2.75, 3.05) is 6.54 Å². The number of amides is 2. The molecule has 1 rings (SSSR count). The Hall–Kier alpha value is -0.820. The van der Waals surface area contributed by atoms with Gasteiger partial charge in [-0.3, -0.25) is 4.79 Å². The standard InChI is InChI=1S/C15H27BrN2O4/c1-9(2)11(17-14(21)22-15(3,4)5)13(20)18-8-6-7-10(19)12(18)16/h9-12,19H,6-8H2,1-5H3,(H,17,21)/t10-,11+,12+/m0/s1. The van der Waals surface area contributed by atoms with Crippen molar-refractivity contribution in [1.29, 1.82) is 0 Å². The minimum atomic E-state index is -0.680. The molecule has 0 unspecified atom stereocenters. The Balaban J connectivity index is 2.78. The number of aliphatic hydroxyl groups excluding tert-OH is 1. The van der Waals surface area contributed by atoms with Crippen LogP contribution in [0, 0.1) is 5.92 Å². The fraction of sp³-hybridized carbons (Fsp3) is 0.867. The van der Waals surface area contributed by atoms with E-state index in [2.05, 4.69) is 21.2 Å². The highest BCUT2D eigenvalue weighted by Crippen LogP contribution is 2.24. The predicted molar refractivity (Wildman–Crippen MR) is 87.7 cm³/mol. The molecule has 1 fully saturated rings. The highest BCUT2D eigenvalue weighted by molar-refractivity contribution is 9.09. The summed E-state index contributed by atoms with van der Waals surface area (Å²) in [5.41, 5.74) is -0.617. The zero-order valence-electron chi connectivity index (χ0n) is 13.9. The second-order valence-corrected chi connectivity index (χ2v) is 7.92. The SMILES string of the molecule is CC(C)[C@@H](NC(=O)OC(C)(C)C)C(=O)N1CCC[C@H](O)[C@@H]1Br. The van der Waals surface area contributed by atoms with E-state index in [9.17, 15) is 14.7 Å². The van der Waals surface area contributed by atoms with Gasteiger partial charge < -0.3 is 20.1 Å². The average Bonchev–Trinajstić information content (AvgIpc) is 2.36. The van der Waals surface area contributed by atoms with E-state index in [0.717, 1.165) is 6.42 Å². The molecule has 2 N–H and O–H groups in total. The van der Waals surface area contributed by atoms with Gasteiger partial charge in [-0.1, -0.05) is 29.8 Å². The number of rotatable bonds is 3. The number of carbonyl (C=O) groups is 2. The normalized spacial score (nSPS) is 24.1. The lowest BCUT2D eigenvalue weighted by Gasteiger charge is -2.38. The predicted octanol–water partition coefficient (Wildman–Crippen LogP) is 2.24. The molecule has 0 radical (unpaired) electrons. The van der Waals surface area contributed by atoms with E-state index >= 15 is 0 Å². The number of alkyl carbamates (subject to hydrolysis) is 1. The molecule has 0 saturated carbocycles. The first-order valence-corrected chi connectivity index (χ1v) is 8.56. The molecule has 0 aromatic carbocycles. The molecule has 0 bridgehead atoms. The maximum Gasteiger partial charge on any atom is 0.408 e. The lowest BCUT2D eigenvalue weighted by atomic mass is 10.0. The number of carbonyl (C=O) groups excluding carboxylic acids is 2. The largest absolute Gasteiger partial charge is 0.444 e. The summed E-state index contributed by atoms with van der Waals surface area (Å²) in [6.45, 7) is 9.61. The monoisotopic (exact) mass is 378 g/mol. The first-order chi connectivity index (χ1) is 10.0. The van der Waals surface area contributed by atoms with Gasteiger partial charge in [0.1, 0.15) is 16.6 Å². The number of hydrogen-bond acceptors (Lipinski definition) is 4. The van der Waals surface area contributed by atoms with Gasteiger partial charge >= 0.3 is 6.09 Å². The van der Waals surface area contributed by atoms with Crippen molar-refractivity contribution in [2.24, 2.45) is 5.92 Å². The van der Waals surface area contributed by atoms with Crippen LogP contribution < -0.4 is 5.32 Å². The van der Waals surface area contributed by atoms with Gasteiger partial charge in [-0.15, -0.1) is 0 Å². The quantitative estimate of drug-likeness (QED) is 0.582. The highest BCUT2D eigenvalue weighted by Gasteiger charge is 2.37. The molecule has 1 heterocycles. The topological polar surface area (TPSA) is 78.9 Å². The third-order valence-electron chi connectivity index (χ3n) is 3.40. The van der Waals surface area contributed by atoms with Gasteiger partial charge in [-0.2, -0.15) is 0 Å². The van der Waals surface area contributed by atoms with Crippen LogP contribution in [0.1, 0.15) is 47.5 Å². The van der Waals surface area contributed by atoms with Crippen LogP contribution in [0.5, 0.6) is 0 Å². The average molecular weight is 379 g/mol. The van der Waals surface area contributed by atoms with Gasteiger partial charge in [-0.25, -0.2) is 4.79 Å². The summed E-state index contributed by atoms with van der Waals surface area (Å²) in [6, 6.07) is -0.680. The number of aliphatic hydroxyl groups is 1. The molecule has 0 aromatic heterocycles. The van der Waals surface area contributed by atoms with E-state index in [1.807, 2.05) is 13.8 Å². The second-order valence-electron chi connectivity index (χ2n) is 6.98. The van der Waals surface area contributed by atoms with Crippen LogP contribution in [0.15, 0.2) is 0 Å². The molecule has 2 amide bonds. The van der Waals surface area contributed by atoms with Gasteiger partial charge in [0.15, 0.2) is 0 Å². The molecule has 0 spiro atoms. The molecule has 22 heavy (non-hydrogen) atoms. The van der Waals surface area contributed by atoms with Crippen molar-refractivity contribution in [3.05, 3.63) is 0 Å². The lowest BCUT2D eigenvalue weighted by Crippen LogP contribution is -2.57. The number of nitrogens with zero attached hydrogens (tertiary/aromatic N) is 1. The molecule has 1 aliphatic rings. The summed E-state index contributed by atoms with van der Waals surface area (Å²) in [7, 11) is 0. The second kappa shape index (κ2) is 7.64. The maximum absolute atomic E-state index is 12.7. The summed E-state index contributed by atoms with van der Waals surface area (Å²) in [4.78, 5) is 25.8. The fourth-order valence-corrected chi connectivity index (χ4v) is 2.97. The number of alkyl halides is 1. The van der Waals surface area contributed by atoms with E-state index in [1.54, 1.807) is 25.7 Å². The van der Waals surface area contributed by atoms with Crippen LogP contribution in [0.3, 0.4) is 0 Å². The lowest BCUT2D eigenvalue weighted by molar-refractivity contribution is -0.138. The molecule has 6 nitrogen and oxygen atoms in total. The van der Waals surface area contributed by atoms with E-state index in [1.165, 1.54) is 0 Å². The molecule has 7 heteroatoms. The molecule has 1 saturated heterocycles. The zero-order chi connectivity index (χ0) is 17.1. The Bertz CT molecular complexity index is 409. The molecule has 128 valence electrons. The minimum Gasteiger partial charge on any atom is -0.444 e. The van der Waals surface area contributed by atoms with Crippen molar-refractivity contribution in [2.45, 2.75) is 70.2 Å². The Kier molecular flexibility index (Phi) is 6.67. The van der Waals surface area contributed by atoms with Gasteiger partial charge in [0.05, 0.1) is 6.10 Å². The molecule has 3 atom stereocenters. The van der Waals surface area contributed by atoms with E-state index < -0.39 is 28.8 Å². The molecule has 0 aliphatic carbocycles. The minimum absolute atomic E-state index is 0.0845. The number of piperidine rings is 1. The number of likely N-dealkylation sites (tertiary alicyclic amines) is 1. The van der Waals surface area contributed by atoms with Gasteiger partial charge in [0, 0.05) is 6.54 Å². The number of nitrogens with one attached hydrogen (secondary N) is 1. The van der Waals surface area contributed by atoms with E-state index in [4.69, 9.17) is 4.74 Å². The van der Waals surface area contributed by atoms with Crippen LogP contribution in [0.4, 0.5) is 4.79 Å². The fourth-order valence-electron chi connectivity index (χ4n) is 2.30. The van der Waals surface area contributed by atoms with Crippen LogP contribution >= 0.6 is 15.9 Å². The molecular formula is C15H27BrN2O4. The van der Waals surface area contributed by atoms with Crippen molar-refractivity contribution >= 4 is 27.9 Å². The summed E-state index contributed by atoms with van der Waals surface area (Å²) < 4.78 is 5.22. The van der Waals surface area contributed by atoms with Gasteiger partial charge in [0.25, 0.3) is 0 Å².